The highest BCUT2D eigenvalue weighted by atomic mass is 16.5. The first-order valence-corrected chi connectivity index (χ1v) is 15.5. The molecule has 1 atom stereocenters. The zero-order valence-corrected chi connectivity index (χ0v) is 25.4. The summed E-state index contributed by atoms with van der Waals surface area (Å²) in [7, 11) is 0. The molecule has 240 valence electrons. The number of likely N-dealkylation sites (tertiary alicyclic amines) is 1. The van der Waals surface area contributed by atoms with E-state index in [0.717, 1.165) is 39.3 Å². The first kappa shape index (κ1) is 31.0. The van der Waals surface area contributed by atoms with E-state index in [1.807, 2.05) is 24.3 Å². The average Bonchev–Trinajstić information content (AvgIpc) is 3.75. The molecule has 3 amide bonds. The number of nitrogens with one attached hydrogen (secondary N) is 2. The number of hydrogen-bond acceptors (Lipinski definition) is 10. The Labute approximate surface area is 265 Å². The predicted octanol–water partition coefficient (Wildman–Crippen LogP) is 1.14. The average molecular weight is 629 g/mol. The van der Waals surface area contributed by atoms with Gasteiger partial charge in [0.2, 0.25) is 11.7 Å². The molecule has 0 unspecified atom stereocenters. The van der Waals surface area contributed by atoms with E-state index in [-0.39, 0.29) is 13.2 Å². The highest BCUT2D eigenvalue weighted by Gasteiger charge is 2.37. The second-order valence-corrected chi connectivity index (χ2v) is 11.2. The minimum Gasteiger partial charge on any atom is -0.494 e. The van der Waals surface area contributed by atoms with E-state index in [1.165, 1.54) is 15.8 Å². The quantitative estimate of drug-likeness (QED) is 0.172. The lowest BCUT2D eigenvalue weighted by atomic mass is 10.1. The van der Waals surface area contributed by atoms with Crippen LogP contribution in [-0.2, 0) is 25.8 Å². The van der Waals surface area contributed by atoms with Crippen LogP contribution in [0.2, 0.25) is 0 Å². The van der Waals surface area contributed by atoms with Gasteiger partial charge in [-0.05, 0) is 55.7 Å². The standard InChI is InChI=1S/C32H36N8O6/c41-29(39-13-3-7-28(39)30(42)32(44)35-21-40-27-6-2-1-5-26(27)36-37-40)20-34-31(43)23-10-11-33-25-9-8-22(19-24(23)25)46-16-4-12-38-14-17-45-18-15-38/h1-2,5-6,8-11,19,28H,3-4,7,12-18,20-21H2,(H,34,43)(H,35,44)/t28-/m0/s1. The third-order valence-corrected chi connectivity index (χ3v) is 8.26. The molecule has 2 aliphatic heterocycles. The Morgan fingerprint density at radius 3 is 2.70 bits per heavy atom. The lowest BCUT2D eigenvalue weighted by Gasteiger charge is -2.26. The normalized spacial score (nSPS) is 16.9. The first-order valence-electron chi connectivity index (χ1n) is 15.5. The number of aromatic nitrogens is 4. The summed E-state index contributed by atoms with van der Waals surface area (Å²) in [5, 5.41) is 13.9. The number of amides is 3. The number of nitrogens with zero attached hydrogens (tertiary/aromatic N) is 6. The van der Waals surface area contributed by atoms with Crippen LogP contribution in [0, 0.1) is 0 Å². The van der Waals surface area contributed by atoms with Gasteiger partial charge in [-0.1, -0.05) is 17.3 Å². The summed E-state index contributed by atoms with van der Waals surface area (Å²) in [5.41, 5.74) is 2.36. The van der Waals surface area contributed by atoms with Gasteiger partial charge in [-0.15, -0.1) is 5.10 Å². The van der Waals surface area contributed by atoms with E-state index >= 15 is 0 Å². The number of carbonyl (C=O) groups excluding carboxylic acids is 4. The molecule has 0 saturated carbocycles. The van der Waals surface area contributed by atoms with Crippen LogP contribution in [0.4, 0.5) is 0 Å². The fourth-order valence-corrected chi connectivity index (χ4v) is 5.83. The number of ketones is 1. The fraction of sp³-hybridized carbons (Fsp3) is 0.406. The number of Topliss-reactive ketones (excluding diaryl/α,β-unsaturated/α-hetero) is 1. The molecule has 14 heteroatoms. The third kappa shape index (κ3) is 7.13. The van der Waals surface area contributed by atoms with E-state index < -0.39 is 29.5 Å². The molecule has 2 N–H and O–H groups in total. The van der Waals surface area contributed by atoms with Crippen molar-refractivity contribution in [2.24, 2.45) is 0 Å². The molecule has 14 nitrogen and oxygen atoms in total. The van der Waals surface area contributed by atoms with Crippen LogP contribution >= 0.6 is 0 Å². The van der Waals surface area contributed by atoms with Crippen LogP contribution in [0.3, 0.4) is 0 Å². The molecule has 4 heterocycles. The van der Waals surface area contributed by atoms with Gasteiger partial charge in [-0.2, -0.15) is 0 Å². The first-order chi connectivity index (χ1) is 22.5. The van der Waals surface area contributed by atoms with Gasteiger partial charge in [0.1, 0.15) is 24.0 Å². The molecule has 2 aromatic carbocycles. The minimum absolute atomic E-state index is 0.0388. The van der Waals surface area contributed by atoms with E-state index in [0.29, 0.717) is 59.2 Å². The summed E-state index contributed by atoms with van der Waals surface area (Å²) in [5.74, 6) is -1.79. The molecular weight excluding hydrogens is 592 g/mol. The summed E-state index contributed by atoms with van der Waals surface area (Å²) in [6.07, 6.45) is 3.34. The maximum atomic E-state index is 13.2. The van der Waals surface area contributed by atoms with Crippen molar-refractivity contribution in [2.45, 2.75) is 32.0 Å². The van der Waals surface area contributed by atoms with Crippen molar-refractivity contribution in [3.63, 3.8) is 0 Å². The van der Waals surface area contributed by atoms with Crippen LogP contribution < -0.4 is 15.4 Å². The number of pyridine rings is 1. The van der Waals surface area contributed by atoms with Crippen molar-refractivity contribution in [2.75, 3.05) is 52.5 Å². The van der Waals surface area contributed by atoms with Crippen LogP contribution in [0.25, 0.3) is 21.9 Å². The summed E-state index contributed by atoms with van der Waals surface area (Å²) >= 11 is 0. The molecule has 0 spiro atoms. The van der Waals surface area contributed by atoms with Crippen LogP contribution in [0.1, 0.15) is 29.6 Å². The zero-order valence-electron chi connectivity index (χ0n) is 25.4. The van der Waals surface area contributed by atoms with E-state index in [4.69, 9.17) is 9.47 Å². The number of fused-ring (bicyclic) bond motifs is 2. The monoisotopic (exact) mass is 628 g/mol. The molecular formula is C32H36N8O6. The number of carbonyl (C=O) groups is 4. The molecule has 2 aliphatic rings. The number of ether oxygens (including phenoxy) is 2. The molecule has 0 radical (unpaired) electrons. The molecule has 2 fully saturated rings. The van der Waals surface area contributed by atoms with Crippen molar-refractivity contribution in [3.8, 4) is 5.75 Å². The van der Waals surface area contributed by atoms with Gasteiger partial charge in [0.25, 0.3) is 11.8 Å². The second-order valence-electron chi connectivity index (χ2n) is 11.2. The fourth-order valence-electron chi connectivity index (χ4n) is 5.83. The molecule has 46 heavy (non-hydrogen) atoms. The van der Waals surface area contributed by atoms with Crippen molar-refractivity contribution in [1.29, 1.82) is 0 Å². The smallest absolute Gasteiger partial charge is 0.291 e. The van der Waals surface area contributed by atoms with E-state index in [1.54, 1.807) is 24.3 Å². The van der Waals surface area contributed by atoms with Crippen molar-refractivity contribution >= 4 is 45.4 Å². The molecule has 0 aliphatic carbocycles. The highest BCUT2D eigenvalue weighted by Crippen LogP contribution is 2.23. The lowest BCUT2D eigenvalue weighted by molar-refractivity contribution is -0.144. The van der Waals surface area contributed by atoms with Crippen molar-refractivity contribution in [3.05, 3.63) is 60.3 Å². The third-order valence-electron chi connectivity index (χ3n) is 8.26. The highest BCUT2D eigenvalue weighted by molar-refractivity contribution is 6.38. The molecule has 0 bridgehead atoms. The number of hydrogen-bond donors (Lipinski definition) is 2. The van der Waals surface area contributed by atoms with E-state index in [9.17, 15) is 19.2 Å². The topological polar surface area (TPSA) is 161 Å². The summed E-state index contributed by atoms with van der Waals surface area (Å²) in [6.45, 7) is 4.78. The maximum absolute atomic E-state index is 13.2. The van der Waals surface area contributed by atoms with E-state index in [2.05, 4.69) is 30.8 Å². The van der Waals surface area contributed by atoms with Gasteiger partial charge in [-0.3, -0.25) is 29.1 Å². The van der Waals surface area contributed by atoms with Crippen LogP contribution in [0.5, 0.6) is 5.75 Å². The molecule has 4 aromatic rings. The van der Waals surface area contributed by atoms with Gasteiger partial charge >= 0.3 is 0 Å². The Kier molecular flexibility index (Phi) is 9.74. The maximum Gasteiger partial charge on any atom is 0.291 e. The van der Waals surface area contributed by atoms with Gasteiger partial charge in [0.05, 0.1) is 43.0 Å². The Balaban J connectivity index is 1.02. The van der Waals surface area contributed by atoms with Crippen molar-refractivity contribution in [1.82, 2.24) is 40.4 Å². The van der Waals surface area contributed by atoms with Crippen LogP contribution in [-0.4, -0.2) is 112 Å². The zero-order chi connectivity index (χ0) is 31.9. The number of benzene rings is 2. The Morgan fingerprint density at radius 1 is 0.978 bits per heavy atom. The molecule has 2 saturated heterocycles. The predicted molar refractivity (Wildman–Crippen MR) is 167 cm³/mol. The Morgan fingerprint density at radius 2 is 1.83 bits per heavy atom. The summed E-state index contributed by atoms with van der Waals surface area (Å²) in [6, 6.07) is 13.4. The number of morpholine rings is 1. The lowest BCUT2D eigenvalue weighted by Crippen LogP contribution is -2.49. The van der Waals surface area contributed by atoms with Gasteiger partial charge in [0, 0.05) is 37.8 Å². The van der Waals surface area contributed by atoms with Crippen molar-refractivity contribution < 1.29 is 28.7 Å². The van der Waals surface area contributed by atoms with Crippen LogP contribution in [0.15, 0.2) is 54.7 Å². The second kappa shape index (κ2) is 14.4. The van der Waals surface area contributed by atoms with Gasteiger partial charge < -0.3 is 25.0 Å². The minimum atomic E-state index is -0.901. The summed E-state index contributed by atoms with van der Waals surface area (Å²) in [4.78, 5) is 60.2. The molecule has 6 rings (SSSR count). The molecule has 2 aromatic heterocycles. The van der Waals surface area contributed by atoms with Gasteiger partial charge in [0.15, 0.2) is 0 Å². The largest absolute Gasteiger partial charge is 0.494 e. The number of rotatable bonds is 12. The number of para-hydroxylation sites is 1. The van der Waals surface area contributed by atoms with Gasteiger partial charge in [-0.25, -0.2) is 4.68 Å². The SMILES string of the molecule is O=C(NCn1nnc2ccccc21)C(=O)[C@@H]1CCCN1C(=O)CNC(=O)c1ccnc2ccc(OCCCN3CCOCC3)cc12. The summed E-state index contributed by atoms with van der Waals surface area (Å²) < 4.78 is 12.8. The Hall–Kier alpha value is -4.95. The Bertz CT molecular complexity index is 1740.